The molecule has 0 spiro atoms. The van der Waals surface area contributed by atoms with Crippen LogP contribution in [0.15, 0.2) is 35.2 Å². The molecule has 0 atom stereocenters. The molecule has 1 aromatic carbocycles. The smallest absolute Gasteiger partial charge is 0.264 e. The van der Waals surface area contributed by atoms with Crippen LogP contribution in [-0.4, -0.2) is 38.1 Å². The zero-order valence-electron chi connectivity index (χ0n) is 13.4. The summed E-state index contributed by atoms with van der Waals surface area (Å²) in [5.74, 6) is -0.0226. The van der Waals surface area contributed by atoms with E-state index in [2.05, 4.69) is 4.72 Å². The molecule has 2 aromatic rings. The third-order valence-corrected chi connectivity index (χ3v) is 7.04. The number of likely N-dealkylation sites (tertiary alicyclic amines) is 1. The van der Waals surface area contributed by atoms with E-state index in [0.717, 1.165) is 11.3 Å². The van der Waals surface area contributed by atoms with E-state index in [-0.39, 0.29) is 25.3 Å². The quantitative estimate of drug-likeness (QED) is 0.798. The zero-order chi connectivity index (χ0) is 18.9. The lowest BCUT2D eigenvalue weighted by Gasteiger charge is -2.26. The van der Waals surface area contributed by atoms with Gasteiger partial charge in [-0.05, 0) is 30.3 Å². The van der Waals surface area contributed by atoms with Gasteiger partial charge >= 0.3 is 0 Å². The Hall–Kier alpha value is -1.61. The first-order valence-electron chi connectivity index (χ1n) is 7.65. The summed E-state index contributed by atoms with van der Waals surface area (Å²) in [6, 6.07) is 7.37. The number of carbonyl (C=O) groups excluding carboxylic acids is 2. The summed E-state index contributed by atoms with van der Waals surface area (Å²) in [7, 11) is -3.87. The van der Waals surface area contributed by atoms with E-state index in [9.17, 15) is 18.0 Å². The Balaban J connectivity index is 1.72. The van der Waals surface area contributed by atoms with Gasteiger partial charge in [0.15, 0.2) is 0 Å². The number of nitrogens with zero attached hydrogens (tertiary/aromatic N) is 1. The van der Waals surface area contributed by atoms with Gasteiger partial charge in [0.05, 0.1) is 4.34 Å². The van der Waals surface area contributed by atoms with E-state index in [1.54, 1.807) is 17.0 Å². The Labute approximate surface area is 164 Å². The number of sulfonamides is 1. The summed E-state index contributed by atoms with van der Waals surface area (Å²) in [5, 5.41) is 0. The van der Waals surface area contributed by atoms with Crippen molar-refractivity contribution >= 4 is 61.9 Å². The number of hydrogen-bond donors (Lipinski definition) is 1. The second-order valence-corrected chi connectivity index (χ2v) is 9.64. The summed E-state index contributed by atoms with van der Waals surface area (Å²) < 4.78 is 27.5. The fraction of sp³-hybridized carbons (Fsp3) is 0.250. The number of carbonyl (C=O) groups is 2. The number of amides is 1. The Kier molecular flexibility index (Phi) is 5.57. The van der Waals surface area contributed by atoms with Crippen LogP contribution < -0.4 is 4.72 Å². The molecule has 1 amide bonds. The first-order valence-corrected chi connectivity index (χ1v) is 10.7. The molecule has 0 saturated carbocycles. The summed E-state index contributed by atoms with van der Waals surface area (Å²) in [4.78, 5) is 25.2. The fourth-order valence-corrected chi connectivity index (χ4v) is 5.75. The highest BCUT2D eigenvalue weighted by molar-refractivity contribution is 7.93. The van der Waals surface area contributed by atoms with E-state index in [1.807, 2.05) is 0 Å². The molecule has 1 aromatic heterocycles. The van der Waals surface area contributed by atoms with Gasteiger partial charge in [0.2, 0.25) is 0 Å². The van der Waals surface area contributed by atoms with Gasteiger partial charge in [-0.1, -0.05) is 23.2 Å². The number of anilines is 1. The largest absolute Gasteiger partial charge is 0.338 e. The molecule has 1 aliphatic heterocycles. The van der Waals surface area contributed by atoms with Crippen LogP contribution in [-0.2, 0) is 14.8 Å². The molecule has 0 aliphatic carbocycles. The predicted molar refractivity (Wildman–Crippen MR) is 102 cm³/mol. The van der Waals surface area contributed by atoms with Crippen molar-refractivity contribution in [3.63, 3.8) is 0 Å². The third-order valence-electron chi connectivity index (χ3n) is 3.91. The lowest BCUT2D eigenvalue weighted by molar-refractivity contribution is -0.120. The van der Waals surface area contributed by atoms with Crippen LogP contribution in [0.2, 0.25) is 8.67 Å². The number of benzene rings is 1. The summed E-state index contributed by atoms with van der Waals surface area (Å²) in [6.07, 6.45) is 0.737. The van der Waals surface area contributed by atoms with Crippen LogP contribution in [0.25, 0.3) is 0 Å². The van der Waals surface area contributed by atoms with Crippen molar-refractivity contribution in [1.82, 2.24) is 4.90 Å². The van der Waals surface area contributed by atoms with E-state index < -0.39 is 10.0 Å². The highest BCUT2D eigenvalue weighted by Gasteiger charge is 2.23. The van der Waals surface area contributed by atoms with Crippen molar-refractivity contribution in [3.8, 4) is 0 Å². The van der Waals surface area contributed by atoms with Gasteiger partial charge in [0.25, 0.3) is 15.9 Å². The standard InChI is InChI=1S/C16H14Cl2N2O4S2/c17-14-9-13(15(18)25-14)26(23,24)19-11-3-1-10(2-4-11)16(22)20-7-5-12(21)6-8-20/h1-4,9,19H,5-8H2. The van der Waals surface area contributed by atoms with Crippen LogP contribution in [0, 0.1) is 0 Å². The second-order valence-electron chi connectivity index (χ2n) is 5.70. The van der Waals surface area contributed by atoms with Crippen LogP contribution in [0.3, 0.4) is 0 Å². The van der Waals surface area contributed by atoms with Gasteiger partial charge in [-0.2, -0.15) is 0 Å². The molecule has 10 heteroatoms. The molecular formula is C16H14Cl2N2O4S2. The van der Waals surface area contributed by atoms with E-state index in [1.165, 1.54) is 18.2 Å². The van der Waals surface area contributed by atoms with Crippen molar-refractivity contribution in [2.45, 2.75) is 17.7 Å². The number of rotatable bonds is 4. The maximum atomic E-state index is 12.4. The average Bonchev–Trinajstić information content (AvgIpc) is 2.95. The second kappa shape index (κ2) is 7.56. The van der Waals surface area contributed by atoms with E-state index in [4.69, 9.17) is 23.2 Å². The van der Waals surface area contributed by atoms with Gasteiger partial charge in [-0.15, -0.1) is 11.3 Å². The van der Waals surface area contributed by atoms with Crippen LogP contribution in [0.5, 0.6) is 0 Å². The van der Waals surface area contributed by atoms with E-state index in [0.29, 0.717) is 37.2 Å². The molecule has 0 bridgehead atoms. The van der Waals surface area contributed by atoms with Gasteiger partial charge < -0.3 is 4.90 Å². The van der Waals surface area contributed by atoms with Gasteiger partial charge in [-0.25, -0.2) is 8.42 Å². The van der Waals surface area contributed by atoms with Gasteiger partial charge in [0.1, 0.15) is 15.0 Å². The monoisotopic (exact) mass is 432 g/mol. The fourth-order valence-electron chi connectivity index (χ4n) is 2.54. The highest BCUT2D eigenvalue weighted by atomic mass is 35.5. The molecule has 138 valence electrons. The molecule has 6 nitrogen and oxygen atoms in total. The molecular weight excluding hydrogens is 419 g/mol. The first-order chi connectivity index (χ1) is 12.3. The molecule has 3 rings (SSSR count). The summed E-state index contributed by atoms with van der Waals surface area (Å²) >= 11 is 12.7. The summed E-state index contributed by atoms with van der Waals surface area (Å²) in [6.45, 7) is 0.812. The zero-order valence-corrected chi connectivity index (χ0v) is 16.5. The Morgan fingerprint density at radius 1 is 1.12 bits per heavy atom. The maximum Gasteiger partial charge on any atom is 0.264 e. The number of thiophene rings is 1. The van der Waals surface area contributed by atoms with Crippen LogP contribution >= 0.6 is 34.5 Å². The van der Waals surface area contributed by atoms with Crippen molar-refractivity contribution in [1.29, 1.82) is 0 Å². The minimum absolute atomic E-state index is 0.0777. The molecule has 0 unspecified atom stereocenters. The Morgan fingerprint density at radius 3 is 2.27 bits per heavy atom. The van der Waals surface area contributed by atoms with Crippen LogP contribution in [0.4, 0.5) is 5.69 Å². The lowest BCUT2D eigenvalue weighted by atomic mass is 10.1. The van der Waals surface area contributed by atoms with E-state index >= 15 is 0 Å². The number of piperidine rings is 1. The minimum Gasteiger partial charge on any atom is -0.338 e. The van der Waals surface area contributed by atoms with Crippen molar-refractivity contribution in [2.24, 2.45) is 0 Å². The summed E-state index contributed by atoms with van der Waals surface area (Å²) in [5.41, 5.74) is 0.729. The highest BCUT2D eigenvalue weighted by Crippen LogP contribution is 2.35. The Bertz CT molecular complexity index is 945. The topological polar surface area (TPSA) is 83.6 Å². The Morgan fingerprint density at radius 2 is 1.73 bits per heavy atom. The minimum atomic E-state index is -3.87. The lowest BCUT2D eigenvalue weighted by Crippen LogP contribution is -2.38. The molecule has 2 heterocycles. The number of nitrogens with one attached hydrogen (secondary N) is 1. The maximum absolute atomic E-state index is 12.4. The number of Topliss-reactive ketones (excluding diaryl/α,β-unsaturated/α-hetero) is 1. The first kappa shape index (κ1) is 19.2. The molecule has 1 saturated heterocycles. The third kappa shape index (κ3) is 4.20. The van der Waals surface area contributed by atoms with Gasteiger partial charge in [-0.3, -0.25) is 14.3 Å². The van der Waals surface area contributed by atoms with Gasteiger partial charge in [0, 0.05) is 37.2 Å². The number of hydrogen-bond acceptors (Lipinski definition) is 5. The van der Waals surface area contributed by atoms with Crippen molar-refractivity contribution < 1.29 is 18.0 Å². The molecule has 1 fully saturated rings. The molecule has 1 aliphatic rings. The normalized spacial score (nSPS) is 15.2. The molecule has 1 N–H and O–H groups in total. The molecule has 26 heavy (non-hydrogen) atoms. The molecule has 0 radical (unpaired) electrons. The SMILES string of the molecule is O=C1CCN(C(=O)c2ccc(NS(=O)(=O)c3cc(Cl)sc3Cl)cc2)CC1. The van der Waals surface area contributed by atoms with Crippen molar-refractivity contribution in [3.05, 3.63) is 44.6 Å². The van der Waals surface area contributed by atoms with Crippen LogP contribution in [0.1, 0.15) is 23.2 Å². The number of halogens is 2. The predicted octanol–water partition coefficient (Wildman–Crippen LogP) is 3.66. The number of ketones is 1. The average molecular weight is 433 g/mol. The van der Waals surface area contributed by atoms with Crippen molar-refractivity contribution in [2.75, 3.05) is 17.8 Å².